The molecule has 24 heavy (non-hydrogen) atoms. The molecule has 1 aromatic carbocycles. The molecule has 0 saturated heterocycles. The van der Waals surface area contributed by atoms with Gasteiger partial charge in [0.1, 0.15) is 17.5 Å². The standard InChI is InChI=1S/C17H22FN5O/c1-12(9-17(24)20-14-6-4-5-13(18)10-14)19-11-16-22-21-15-7-2-3-8-23(15)16/h4-6,10,12,19H,2-3,7-9,11H2,1H3,(H,20,24)/t12-/m0/s1. The minimum Gasteiger partial charge on any atom is -0.326 e. The zero-order chi connectivity index (χ0) is 16.9. The fourth-order valence-electron chi connectivity index (χ4n) is 2.89. The van der Waals surface area contributed by atoms with Crippen molar-refractivity contribution in [2.45, 2.75) is 51.7 Å². The van der Waals surface area contributed by atoms with Crippen molar-refractivity contribution in [1.29, 1.82) is 0 Å². The fraction of sp³-hybridized carbons (Fsp3) is 0.471. The number of amides is 1. The molecule has 1 aromatic heterocycles. The molecule has 0 saturated carbocycles. The molecule has 1 amide bonds. The predicted octanol–water partition coefficient (Wildman–Crippen LogP) is 2.26. The first-order chi connectivity index (χ1) is 11.6. The van der Waals surface area contributed by atoms with E-state index >= 15 is 0 Å². The third-order valence-electron chi connectivity index (χ3n) is 4.14. The van der Waals surface area contributed by atoms with Gasteiger partial charge in [0.2, 0.25) is 5.91 Å². The summed E-state index contributed by atoms with van der Waals surface area (Å²) in [5, 5.41) is 14.5. The highest BCUT2D eigenvalue weighted by atomic mass is 19.1. The van der Waals surface area contributed by atoms with Crippen LogP contribution in [0.25, 0.3) is 0 Å². The van der Waals surface area contributed by atoms with Crippen LogP contribution in [0.5, 0.6) is 0 Å². The summed E-state index contributed by atoms with van der Waals surface area (Å²) in [5.74, 6) is 1.45. The average Bonchev–Trinajstić information content (AvgIpc) is 2.96. The number of anilines is 1. The summed E-state index contributed by atoms with van der Waals surface area (Å²) in [4.78, 5) is 12.0. The van der Waals surface area contributed by atoms with E-state index in [1.165, 1.54) is 18.6 Å². The number of halogens is 1. The van der Waals surface area contributed by atoms with Crippen molar-refractivity contribution in [3.05, 3.63) is 41.7 Å². The topological polar surface area (TPSA) is 71.8 Å². The lowest BCUT2D eigenvalue weighted by Crippen LogP contribution is -2.31. The number of aryl methyl sites for hydroxylation is 1. The Kier molecular flexibility index (Phi) is 5.20. The van der Waals surface area contributed by atoms with E-state index < -0.39 is 0 Å². The molecule has 2 aromatic rings. The van der Waals surface area contributed by atoms with E-state index in [0.717, 1.165) is 31.0 Å². The van der Waals surface area contributed by atoms with Crippen molar-refractivity contribution in [3.63, 3.8) is 0 Å². The molecule has 0 unspecified atom stereocenters. The van der Waals surface area contributed by atoms with Gasteiger partial charge in [0.15, 0.2) is 0 Å². The molecule has 0 bridgehead atoms. The third kappa shape index (κ3) is 4.17. The molecule has 1 atom stereocenters. The summed E-state index contributed by atoms with van der Waals surface area (Å²) >= 11 is 0. The summed E-state index contributed by atoms with van der Waals surface area (Å²) in [6.45, 7) is 3.49. The van der Waals surface area contributed by atoms with E-state index in [1.54, 1.807) is 12.1 Å². The number of nitrogens with zero attached hydrogens (tertiary/aromatic N) is 3. The van der Waals surface area contributed by atoms with Crippen molar-refractivity contribution in [1.82, 2.24) is 20.1 Å². The van der Waals surface area contributed by atoms with Crippen LogP contribution in [0.4, 0.5) is 10.1 Å². The number of carbonyl (C=O) groups is 1. The summed E-state index contributed by atoms with van der Waals surface area (Å²) in [7, 11) is 0. The van der Waals surface area contributed by atoms with Crippen molar-refractivity contribution in [2.24, 2.45) is 0 Å². The molecule has 128 valence electrons. The van der Waals surface area contributed by atoms with Crippen LogP contribution in [0.3, 0.4) is 0 Å². The highest BCUT2D eigenvalue weighted by molar-refractivity contribution is 5.91. The lowest BCUT2D eigenvalue weighted by Gasteiger charge is -2.17. The first-order valence-electron chi connectivity index (χ1n) is 8.31. The van der Waals surface area contributed by atoms with Gasteiger partial charge < -0.3 is 15.2 Å². The molecule has 0 aliphatic carbocycles. The van der Waals surface area contributed by atoms with E-state index in [0.29, 0.717) is 18.7 Å². The minimum atomic E-state index is -0.365. The predicted molar refractivity (Wildman–Crippen MR) is 88.9 cm³/mol. The van der Waals surface area contributed by atoms with Gasteiger partial charge in [-0.1, -0.05) is 6.07 Å². The van der Waals surface area contributed by atoms with E-state index in [9.17, 15) is 9.18 Å². The van der Waals surface area contributed by atoms with Crippen LogP contribution in [0.2, 0.25) is 0 Å². The lowest BCUT2D eigenvalue weighted by molar-refractivity contribution is -0.116. The van der Waals surface area contributed by atoms with E-state index in [4.69, 9.17) is 0 Å². The molecular weight excluding hydrogens is 309 g/mol. The van der Waals surface area contributed by atoms with Gasteiger partial charge in [-0.25, -0.2) is 4.39 Å². The number of nitrogens with one attached hydrogen (secondary N) is 2. The van der Waals surface area contributed by atoms with E-state index in [1.807, 2.05) is 6.92 Å². The molecular formula is C17H22FN5O. The summed E-state index contributed by atoms with van der Waals surface area (Å²) in [6, 6.07) is 5.87. The second kappa shape index (κ2) is 7.53. The van der Waals surface area contributed by atoms with Gasteiger partial charge in [0.05, 0.1) is 6.54 Å². The largest absolute Gasteiger partial charge is 0.326 e. The Balaban J connectivity index is 1.48. The van der Waals surface area contributed by atoms with Crippen LogP contribution < -0.4 is 10.6 Å². The summed E-state index contributed by atoms with van der Waals surface area (Å²) < 4.78 is 15.3. The van der Waals surface area contributed by atoms with Gasteiger partial charge in [-0.05, 0) is 38.0 Å². The molecule has 1 aliphatic rings. The number of carbonyl (C=O) groups excluding carboxylic acids is 1. The Morgan fingerprint density at radius 2 is 2.25 bits per heavy atom. The number of hydrogen-bond donors (Lipinski definition) is 2. The van der Waals surface area contributed by atoms with E-state index in [-0.39, 0.29) is 17.8 Å². The molecule has 0 radical (unpaired) electrons. The summed E-state index contributed by atoms with van der Waals surface area (Å²) in [6.07, 6.45) is 3.61. The van der Waals surface area contributed by atoms with Crippen LogP contribution in [0.15, 0.2) is 24.3 Å². The van der Waals surface area contributed by atoms with Gasteiger partial charge in [0, 0.05) is 31.1 Å². The highest BCUT2D eigenvalue weighted by Gasteiger charge is 2.16. The zero-order valence-electron chi connectivity index (χ0n) is 13.8. The van der Waals surface area contributed by atoms with Crippen molar-refractivity contribution in [3.8, 4) is 0 Å². The number of fused-ring (bicyclic) bond motifs is 1. The van der Waals surface area contributed by atoms with Crippen LogP contribution in [-0.4, -0.2) is 26.7 Å². The Hall–Kier alpha value is -2.28. The SMILES string of the molecule is C[C@@H](CC(=O)Nc1cccc(F)c1)NCc1nnc2n1CCCC2. The van der Waals surface area contributed by atoms with Crippen molar-refractivity contribution >= 4 is 11.6 Å². The van der Waals surface area contributed by atoms with Gasteiger partial charge in [0.25, 0.3) is 0 Å². The fourth-order valence-corrected chi connectivity index (χ4v) is 2.89. The van der Waals surface area contributed by atoms with Gasteiger partial charge in [-0.15, -0.1) is 10.2 Å². The molecule has 7 heteroatoms. The first kappa shape index (κ1) is 16.6. The van der Waals surface area contributed by atoms with Crippen LogP contribution in [0.1, 0.15) is 37.8 Å². The maximum atomic E-state index is 13.1. The molecule has 0 fully saturated rings. The smallest absolute Gasteiger partial charge is 0.225 e. The van der Waals surface area contributed by atoms with Crippen LogP contribution >= 0.6 is 0 Å². The Labute approximate surface area is 140 Å². The normalized spacial score (nSPS) is 14.9. The van der Waals surface area contributed by atoms with Gasteiger partial charge in [-0.2, -0.15) is 0 Å². The molecule has 1 aliphatic heterocycles. The van der Waals surface area contributed by atoms with Crippen LogP contribution in [0, 0.1) is 5.82 Å². The highest BCUT2D eigenvalue weighted by Crippen LogP contribution is 2.14. The Morgan fingerprint density at radius 1 is 1.38 bits per heavy atom. The molecule has 6 nitrogen and oxygen atoms in total. The summed E-state index contributed by atoms with van der Waals surface area (Å²) in [5.41, 5.74) is 0.471. The Morgan fingerprint density at radius 3 is 3.08 bits per heavy atom. The van der Waals surface area contributed by atoms with Gasteiger partial charge >= 0.3 is 0 Å². The van der Waals surface area contributed by atoms with Crippen molar-refractivity contribution < 1.29 is 9.18 Å². The van der Waals surface area contributed by atoms with Crippen molar-refractivity contribution in [2.75, 3.05) is 5.32 Å². The first-order valence-corrected chi connectivity index (χ1v) is 8.31. The lowest BCUT2D eigenvalue weighted by atomic mass is 10.1. The second-order valence-corrected chi connectivity index (χ2v) is 6.19. The molecule has 2 N–H and O–H groups in total. The number of benzene rings is 1. The van der Waals surface area contributed by atoms with Gasteiger partial charge in [-0.3, -0.25) is 4.79 Å². The second-order valence-electron chi connectivity index (χ2n) is 6.19. The number of aromatic nitrogens is 3. The average molecular weight is 331 g/mol. The number of rotatable bonds is 6. The van der Waals surface area contributed by atoms with Crippen LogP contribution in [-0.2, 0) is 24.3 Å². The monoisotopic (exact) mass is 331 g/mol. The third-order valence-corrected chi connectivity index (χ3v) is 4.14. The molecule has 2 heterocycles. The minimum absolute atomic E-state index is 0.0184. The quantitative estimate of drug-likeness (QED) is 0.852. The number of hydrogen-bond acceptors (Lipinski definition) is 4. The Bertz CT molecular complexity index is 715. The van der Waals surface area contributed by atoms with E-state index in [2.05, 4.69) is 25.4 Å². The molecule has 3 rings (SSSR count). The molecule has 0 spiro atoms. The maximum absolute atomic E-state index is 13.1. The zero-order valence-corrected chi connectivity index (χ0v) is 13.8. The maximum Gasteiger partial charge on any atom is 0.225 e.